The Morgan fingerprint density at radius 3 is 2.69 bits per heavy atom. The van der Waals surface area contributed by atoms with E-state index in [1.54, 1.807) is 0 Å². The molecule has 4 nitrogen and oxygen atoms in total. The summed E-state index contributed by atoms with van der Waals surface area (Å²) in [6.07, 6.45) is 9.85. The molecule has 4 heterocycles. The van der Waals surface area contributed by atoms with Crippen molar-refractivity contribution in [2.45, 2.75) is 83.5 Å². The first-order valence-electron chi connectivity index (χ1n) is 11.3. The van der Waals surface area contributed by atoms with Gasteiger partial charge in [-0.2, -0.15) is 0 Å². The molecule has 1 aliphatic carbocycles. The molecule has 0 unspecified atom stereocenters. The van der Waals surface area contributed by atoms with Gasteiger partial charge in [-0.15, -0.1) is 0 Å². The minimum absolute atomic E-state index is 0.0911. The van der Waals surface area contributed by atoms with Crippen molar-refractivity contribution in [3.63, 3.8) is 0 Å². The highest BCUT2D eigenvalue weighted by Crippen LogP contribution is 2.50. The molecule has 29 heavy (non-hydrogen) atoms. The molecular weight excluding hydrogens is 376 g/mol. The standard InChI is InChI=1S/C24H32N4S/c1-4-18-15-29-24-26-22(21-12-8-9-13-25-21)23(28(18)24)20-14-16(2)27(17(20)3)19-10-6-5-7-11-19/h8-9,12-14,18-19,22-23H,4-7,10-11,15H2,1-3H3/t18-,22+,23-/m1/s1. The third kappa shape index (κ3) is 3.22. The van der Waals surface area contributed by atoms with Crippen LogP contribution in [0.25, 0.3) is 0 Å². The number of thioether (sulfide) groups is 1. The lowest BCUT2D eigenvalue weighted by Gasteiger charge is -2.32. The first kappa shape index (κ1) is 19.2. The smallest absolute Gasteiger partial charge is 0.160 e. The second-order valence-corrected chi connectivity index (χ2v) is 9.81. The van der Waals surface area contributed by atoms with E-state index in [0.717, 1.165) is 11.4 Å². The molecule has 0 radical (unpaired) electrons. The number of rotatable bonds is 4. The Morgan fingerprint density at radius 2 is 1.97 bits per heavy atom. The fourth-order valence-electron chi connectivity index (χ4n) is 5.69. The Bertz CT molecular complexity index is 897. The first-order valence-corrected chi connectivity index (χ1v) is 12.3. The van der Waals surface area contributed by atoms with E-state index in [9.17, 15) is 0 Å². The van der Waals surface area contributed by atoms with Crippen molar-refractivity contribution >= 4 is 16.9 Å². The fraction of sp³-hybridized carbons (Fsp3) is 0.583. The average Bonchev–Trinajstić information content (AvgIpc) is 3.40. The summed E-state index contributed by atoms with van der Waals surface area (Å²) in [5.41, 5.74) is 5.42. The molecule has 5 heteroatoms. The second-order valence-electron chi connectivity index (χ2n) is 8.82. The number of aliphatic imine (C=N–C) groups is 1. The van der Waals surface area contributed by atoms with Crippen molar-refractivity contribution in [1.29, 1.82) is 0 Å². The largest absolute Gasteiger partial charge is 0.346 e. The highest BCUT2D eigenvalue weighted by molar-refractivity contribution is 8.14. The van der Waals surface area contributed by atoms with Crippen LogP contribution in [-0.4, -0.2) is 31.4 Å². The Labute approximate surface area is 178 Å². The summed E-state index contributed by atoms with van der Waals surface area (Å²) in [7, 11) is 0. The zero-order valence-electron chi connectivity index (χ0n) is 17.8. The number of hydrogen-bond donors (Lipinski definition) is 0. The molecular formula is C24H32N4S. The van der Waals surface area contributed by atoms with Gasteiger partial charge in [-0.25, -0.2) is 0 Å². The van der Waals surface area contributed by atoms with E-state index in [2.05, 4.69) is 48.4 Å². The van der Waals surface area contributed by atoms with Crippen molar-refractivity contribution in [2.24, 2.45) is 4.99 Å². The Kier molecular flexibility index (Phi) is 5.19. The number of pyridine rings is 1. The second kappa shape index (κ2) is 7.82. The van der Waals surface area contributed by atoms with Gasteiger partial charge in [0.2, 0.25) is 0 Å². The van der Waals surface area contributed by atoms with Crippen LogP contribution in [0.3, 0.4) is 0 Å². The minimum Gasteiger partial charge on any atom is -0.346 e. The molecule has 1 saturated heterocycles. The molecule has 0 amide bonds. The predicted octanol–water partition coefficient (Wildman–Crippen LogP) is 5.98. The number of aryl methyl sites for hydroxylation is 1. The molecule has 2 aliphatic heterocycles. The van der Waals surface area contributed by atoms with E-state index in [0.29, 0.717) is 12.1 Å². The van der Waals surface area contributed by atoms with Crippen LogP contribution in [0.1, 0.15) is 86.2 Å². The van der Waals surface area contributed by atoms with Gasteiger partial charge in [0.25, 0.3) is 0 Å². The van der Waals surface area contributed by atoms with Crippen molar-refractivity contribution in [1.82, 2.24) is 14.5 Å². The number of amidine groups is 1. The third-order valence-corrected chi connectivity index (χ3v) is 8.24. The van der Waals surface area contributed by atoms with Crippen LogP contribution < -0.4 is 0 Å². The molecule has 0 bridgehead atoms. The van der Waals surface area contributed by atoms with E-state index >= 15 is 0 Å². The molecule has 1 saturated carbocycles. The third-order valence-electron chi connectivity index (χ3n) is 7.11. The molecule has 2 aromatic heterocycles. The normalized spacial score (nSPS) is 27.3. The van der Waals surface area contributed by atoms with Gasteiger partial charge in [0.15, 0.2) is 5.17 Å². The Balaban J connectivity index is 1.58. The highest BCUT2D eigenvalue weighted by Gasteiger charge is 2.46. The zero-order chi connectivity index (χ0) is 20.0. The van der Waals surface area contributed by atoms with E-state index in [1.807, 2.05) is 24.0 Å². The lowest BCUT2D eigenvalue weighted by molar-refractivity contribution is 0.253. The first-order chi connectivity index (χ1) is 14.2. The predicted molar refractivity (Wildman–Crippen MR) is 122 cm³/mol. The van der Waals surface area contributed by atoms with E-state index in [-0.39, 0.29) is 12.1 Å². The van der Waals surface area contributed by atoms with Crippen LogP contribution in [-0.2, 0) is 0 Å². The molecule has 3 aliphatic rings. The SMILES string of the molecule is CC[C@@H]1CSC2=N[C@@H](c3ccccn3)[C@@H](c3cc(C)n(C4CCCCC4)c3C)N21. The van der Waals surface area contributed by atoms with Gasteiger partial charge in [-0.3, -0.25) is 9.98 Å². The number of hydrogen-bond acceptors (Lipinski definition) is 4. The van der Waals surface area contributed by atoms with Crippen molar-refractivity contribution < 1.29 is 0 Å². The van der Waals surface area contributed by atoms with Gasteiger partial charge in [0.1, 0.15) is 6.04 Å². The van der Waals surface area contributed by atoms with Crippen LogP contribution in [0.2, 0.25) is 0 Å². The Morgan fingerprint density at radius 1 is 1.14 bits per heavy atom. The molecule has 3 atom stereocenters. The van der Waals surface area contributed by atoms with Gasteiger partial charge in [-0.1, -0.05) is 44.0 Å². The maximum Gasteiger partial charge on any atom is 0.160 e. The minimum atomic E-state index is 0.0911. The maximum atomic E-state index is 5.20. The topological polar surface area (TPSA) is 33.4 Å². The Hall–Kier alpha value is -1.75. The maximum absolute atomic E-state index is 5.20. The summed E-state index contributed by atoms with van der Waals surface area (Å²) in [5.74, 6) is 1.15. The summed E-state index contributed by atoms with van der Waals surface area (Å²) < 4.78 is 2.64. The van der Waals surface area contributed by atoms with Gasteiger partial charge in [0, 0.05) is 35.4 Å². The van der Waals surface area contributed by atoms with Gasteiger partial charge in [-0.05, 0) is 56.9 Å². The van der Waals surface area contributed by atoms with Crippen molar-refractivity contribution in [3.8, 4) is 0 Å². The van der Waals surface area contributed by atoms with E-state index in [1.165, 1.54) is 60.6 Å². The van der Waals surface area contributed by atoms with E-state index in [4.69, 9.17) is 9.98 Å². The van der Waals surface area contributed by atoms with Gasteiger partial charge < -0.3 is 9.47 Å². The lowest BCUT2D eigenvalue weighted by atomic mass is 9.94. The molecule has 0 aromatic carbocycles. The summed E-state index contributed by atoms with van der Waals surface area (Å²) in [4.78, 5) is 12.5. The number of fused-ring (bicyclic) bond motifs is 1. The lowest BCUT2D eigenvalue weighted by Crippen LogP contribution is -2.35. The zero-order valence-corrected chi connectivity index (χ0v) is 18.7. The van der Waals surface area contributed by atoms with Crippen LogP contribution in [0.15, 0.2) is 35.5 Å². The number of aromatic nitrogens is 2. The summed E-state index contributed by atoms with van der Waals surface area (Å²) in [6, 6.07) is 10.3. The molecule has 154 valence electrons. The van der Waals surface area contributed by atoms with Gasteiger partial charge in [0.05, 0.1) is 11.7 Å². The van der Waals surface area contributed by atoms with Crippen LogP contribution in [0.5, 0.6) is 0 Å². The molecule has 5 rings (SSSR count). The highest BCUT2D eigenvalue weighted by atomic mass is 32.2. The monoisotopic (exact) mass is 408 g/mol. The summed E-state index contributed by atoms with van der Waals surface area (Å²) in [6.45, 7) is 6.95. The summed E-state index contributed by atoms with van der Waals surface area (Å²) >= 11 is 1.93. The molecule has 2 fully saturated rings. The van der Waals surface area contributed by atoms with Crippen molar-refractivity contribution in [3.05, 3.63) is 53.1 Å². The van der Waals surface area contributed by atoms with Crippen LogP contribution >= 0.6 is 11.8 Å². The van der Waals surface area contributed by atoms with E-state index < -0.39 is 0 Å². The molecule has 0 spiro atoms. The van der Waals surface area contributed by atoms with Gasteiger partial charge >= 0.3 is 0 Å². The van der Waals surface area contributed by atoms with Crippen LogP contribution in [0.4, 0.5) is 0 Å². The molecule has 2 aromatic rings. The molecule has 0 N–H and O–H groups in total. The average molecular weight is 409 g/mol. The fourth-order valence-corrected chi connectivity index (χ4v) is 7.03. The quantitative estimate of drug-likeness (QED) is 0.623. The van der Waals surface area contributed by atoms with Crippen molar-refractivity contribution in [2.75, 3.05) is 5.75 Å². The number of nitrogens with zero attached hydrogens (tertiary/aromatic N) is 4. The van der Waals surface area contributed by atoms with Crippen LogP contribution in [0, 0.1) is 13.8 Å². The summed E-state index contributed by atoms with van der Waals surface area (Å²) in [5, 5.41) is 1.22.